The summed E-state index contributed by atoms with van der Waals surface area (Å²) in [5.41, 5.74) is -2.00. The Morgan fingerprint density at radius 1 is 1.24 bits per heavy atom. The van der Waals surface area contributed by atoms with Gasteiger partial charge in [-0.2, -0.15) is 0 Å². The summed E-state index contributed by atoms with van der Waals surface area (Å²) in [6.07, 6.45) is 0. The number of hydrogen-bond acceptors (Lipinski definition) is 13. The molecule has 1 fully saturated rings. The predicted octanol–water partition coefficient (Wildman–Crippen LogP) is 0.628. The first-order valence-corrected chi connectivity index (χ1v) is 12.9. The van der Waals surface area contributed by atoms with Crippen molar-refractivity contribution in [2.45, 2.75) is 38.1 Å². The van der Waals surface area contributed by atoms with Gasteiger partial charge in [0.15, 0.2) is 16.9 Å². The van der Waals surface area contributed by atoms with Gasteiger partial charge < -0.3 is 30.3 Å². The number of nitrogens with one attached hydrogen (secondary N) is 3. The normalized spacial score (nSPS) is 16.5. The van der Waals surface area contributed by atoms with Crippen molar-refractivity contribution in [3.8, 4) is 0 Å². The van der Waals surface area contributed by atoms with Crippen LogP contribution in [0.15, 0.2) is 34.8 Å². The number of benzene rings is 1. The highest BCUT2D eigenvalue weighted by Crippen LogP contribution is 2.20. The second-order valence-corrected chi connectivity index (χ2v) is 9.85. The molecule has 0 unspecified atom stereocenters. The molecule has 16 nitrogen and oxygen atoms in total. The molecule has 1 aromatic heterocycles. The number of thiazole rings is 1. The van der Waals surface area contributed by atoms with Gasteiger partial charge in [-0.1, -0.05) is 5.16 Å². The molecule has 0 aliphatic carbocycles. The lowest BCUT2D eigenvalue weighted by Gasteiger charge is -2.34. The van der Waals surface area contributed by atoms with Crippen LogP contribution in [-0.4, -0.2) is 76.0 Å². The van der Waals surface area contributed by atoms with Crippen molar-refractivity contribution < 1.29 is 43.2 Å². The zero-order valence-corrected chi connectivity index (χ0v) is 23.2. The molecule has 1 saturated heterocycles. The van der Waals surface area contributed by atoms with Crippen LogP contribution >= 0.6 is 22.9 Å². The minimum atomic E-state index is -1.75. The van der Waals surface area contributed by atoms with E-state index in [4.69, 9.17) is 21.2 Å². The molecule has 3 N–H and O–H groups in total. The van der Waals surface area contributed by atoms with Crippen molar-refractivity contribution in [1.29, 1.82) is 0 Å². The highest BCUT2D eigenvalue weighted by Gasteiger charge is 2.46. The predicted molar refractivity (Wildman–Crippen MR) is 142 cm³/mol. The number of hydrogen-bond donors (Lipinski definition) is 3. The van der Waals surface area contributed by atoms with Crippen LogP contribution in [0.2, 0.25) is 0 Å². The minimum Gasteiger partial charge on any atom is -0.467 e. The van der Waals surface area contributed by atoms with Gasteiger partial charge in [-0.3, -0.25) is 24.5 Å². The van der Waals surface area contributed by atoms with E-state index < -0.39 is 58.0 Å². The SMILES string of the molecule is COC(=O)[C@H]1NC(=O)[C@@H]1NC(=O)/C(=N\OC(C)(C)C(=O)OCc1ccc([N+](=O)[O-])cc1)c1csc(NC(=O)CCl)n1. The van der Waals surface area contributed by atoms with Gasteiger partial charge in [0.25, 0.3) is 11.6 Å². The van der Waals surface area contributed by atoms with Gasteiger partial charge in [-0.05, 0) is 31.5 Å². The fourth-order valence-electron chi connectivity index (χ4n) is 3.09. The number of non-ortho nitro benzene ring substituents is 1. The Balaban J connectivity index is 1.78. The number of nitro groups is 1. The zero-order valence-electron chi connectivity index (χ0n) is 21.7. The summed E-state index contributed by atoms with van der Waals surface area (Å²) in [6, 6.07) is 2.92. The smallest absolute Gasteiger partial charge is 0.353 e. The third-order valence-corrected chi connectivity index (χ3v) is 6.36. The molecule has 0 saturated carbocycles. The van der Waals surface area contributed by atoms with Gasteiger partial charge in [0.05, 0.1) is 12.0 Å². The molecule has 218 valence electrons. The summed E-state index contributed by atoms with van der Waals surface area (Å²) in [5.74, 6) is -4.23. The molecule has 3 amide bonds. The lowest BCUT2D eigenvalue weighted by Crippen LogP contribution is -2.72. The van der Waals surface area contributed by atoms with Gasteiger partial charge in [-0.25, -0.2) is 14.6 Å². The summed E-state index contributed by atoms with van der Waals surface area (Å²) in [5, 5.41) is 23.1. The summed E-state index contributed by atoms with van der Waals surface area (Å²) in [7, 11) is 1.11. The van der Waals surface area contributed by atoms with Crippen molar-refractivity contribution >= 4 is 69.1 Å². The third-order valence-electron chi connectivity index (χ3n) is 5.36. The molecule has 2 aromatic rings. The average Bonchev–Trinajstić information content (AvgIpc) is 3.40. The molecule has 2 heterocycles. The quantitative estimate of drug-likeness (QED) is 0.0755. The van der Waals surface area contributed by atoms with Crippen molar-refractivity contribution in [3.05, 3.63) is 51.0 Å². The van der Waals surface area contributed by atoms with Crippen molar-refractivity contribution in [1.82, 2.24) is 15.6 Å². The maximum atomic E-state index is 13.1. The van der Waals surface area contributed by atoms with E-state index in [0.29, 0.717) is 5.56 Å². The largest absolute Gasteiger partial charge is 0.467 e. The first-order chi connectivity index (χ1) is 19.4. The number of methoxy groups -OCH3 is 1. The minimum absolute atomic E-state index is 0.0711. The van der Waals surface area contributed by atoms with E-state index in [9.17, 15) is 34.1 Å². The van der Waals surface area contributed by atoms with Crippen LogP contribution < -0.4 is 16.0 Å². The number of carbonyl (C=O) groups is 5. The van der Waals surface area contributed by atoms with Crippen LogP contribution in [-0.2, 0) is 44.9 Å². The standard InChI is InChI=1S/C23H23ClN6O10S/c1-23(2,21(35)39-9-11-4-6-12(7-5-11)30(36)37)40-29-15(13-10-41-22(25-13)26-14(31)8-24)18(32)27-16-17(20(34)38-3)28-19(16)33/h4-7,10,16-17H,8-9H2,1-3H3,(H,27,32)(H,28,33)(H,25,26,31)/b29-15-/t16-,17+/m1/s1. The van der Waals surface area contributed by atoms with E-state index >= 15 is 0 Å². The lowest BCUT2D eigenvalue weighted by atomic mass is 9.99. The Hall–Kier alpha value is -4.64. The summed E-state index contributed by atoms with van der Waals surface area (Å²) in [4.78, 5) is 81.0. The summed E-state index contributed by atoms with van der Waals surface area (Å²) in [6.45, 7) is 2.39. The molecule has 0 radical (unpaired) electrons. The molecular formula is C23H23ClN6O10S. The van der Waals surface area contributed by atoms with Crippen LogP contribution in [0.3, 0.4) is 0 Å². The van der Waals surface area contributed by atoms with Crippen LogP contribution in [0.25, 0.3) is 0 Å². The first kappa shape index (κ1) is 30.9. The monoisotopic (exact) mass is 610 g/mol. The van der Waals surface area contributed by atoms with E-state index in [1.54, 1.807) is 0 Å². The van der Waals surface area contributed by atoms with Crippen LogP contribution in [0.1, 0.15) is 25.1 Å². The van der Waals surface area contributed by atoms with Gasteiger partial charge in [0, 0.05) is 17.5 Å². The van der Waals surface area contributed by atoms with Gasteiger partial charge in [-0.15, -0.1) is 22.9 Å². The Labute approximate surface area is 240 Å². The molecule has 1 aliphatic rings. The average molecular weight is 611 g/mol. The number of carbonyl (C=O) groups excluding carboxylic acids is 5. The number of alkyl halides is 1. The second kappa shape index (κ2) is 13.1. The van der Waals surface area contributed by atoms with Crippen LogP contribution in [0.5, 0.6) is 0 Å². The molecule has 0 bridgehead atoms. The Kier molecular flexibility index (Phi) is 9.90. The Bertz CT molecular complexity index is 1390. The maximum Gasteiger partial charge on any atom is 0.353 e. The number of nitrogens with zero attached hydrogens (tertiary/aromatic N) is 3. The van der Waals surface area contributed by atoms with Gasteiger partial charge in [0.1, 0.15) is 24.2 Å². The van der Waals surface area contributed by atoms with E-state index in [2.05, 4.69) is 30.8 Å². The highest BCUT2D eigenvalue weighted by molar-refractivity contribution is 7.14. The first-order valence-electron chi connectivity index (χ1n) is 11.5. The number of oxime groups is 1. The molecule has 18 heteroatoms. The second-order valence-electron chi connectivity index (χ2n) is 8.72. The molecule has 1 aliphatic heterocycles. The molecular weight excluding hydrogens is 588 g/mol. The number of halogens is 1. The van der Waals surface area contributed by atoms with Gasteiger partial charge >= 0.3 is 11.9 Å². The Morgan fingerprint density at radius 3 is 2.51 bits per heavy atom. The lowest BCUT2D eigenvalue weighted by molar-refractivity contribution is -0.384. The fraction of sp³-hybridized carbons (Fsp3) is 0.348. The molecule has 3 rings (SSSR count). The number of rotatable bonds is 12. The number of esters is 2. The highest BCUT2D eigenvalue weighted by atomic mass is 35.5. The van der Waals surface area contributed by atoms with Crippen molar-refractivity contribution in [2.24, 2.45) is 5.16 Å². The number of ether oxygens (including phenoxy) is 2. The zero-order chi connectivity index (χ0) is 30.3. The number of β-lactam (4-membered cyclic amide) rings is 1. The van der Waals surface area contributed by atoms with Crippen LogP contribution in [0.4, 0.5) is 10.8 Å². The Morgan fingerprint density at radius 2 is 1.93 bits per heavy atom. The number of anilines is 1. The fourth-order valence-corrected chi connectivity index (χ4v) is 3.87. The number of aromatic nitrogens is 1. The molecule has 41 heavy (non-hydrogen) atoms. The molecule has 2 atom stereocenters. The van der Waals surface area contributed by atoms with E-state index in [1.165, 1.54) is 43.5 Å². The van der Waals surface area contributed by atoms with Crippen molar-refractivity contribution in [3.63, 3.8) is 0 Å². The topological polar surface area (TPSA) is 218 Å². The van der Waals surface area contributed by atoms with E-state index in [1.807, 2.05) is 0 Å². The van der Waals surface area contributed by atoms with Gasteiger partial charge in [0.2, 0.25) is 17.4 Å². The number of nitro benzene ring substituents is 1. The maximum absolute atomic E-state index is 13.1. The summed E-state index contributed by atoms with van der Waals surface area (Å²) < 4.78 is 9.83. The number of amides is 3. The van der Waals surface area contributed by atoms with Crippen molar-refractivity contribution in [2.75, 3.05) is 18.3 Å². The third kappa shape index (κ3) is 7.73. The summed E-state index contributed by atoms with van der Waals surface area (Å²) >= 11 is 6.42. The molecule has 0 spiro atoms. The van der Waals surface area contributed by atoms with E-state index in [-0.39, 0.29) is 29.0 Å². The molecule has 1 aromatic carbocycles. The van der Waals surface area contributed by atoms with Crippen LogP contribution in [0, 0.1) is 10.1 Å². The van der Waals surface area contributed by atoms with E-state index in [0.717, 1.165) is 18.4 Å².